The third kappa shape index (κ3) is 3.58. The molecule has 0 saturated heterocycles. The van der Waals surface area contributed by atoms with Gasteiger partial charge in [0.25, 0.3) is 0 Å². The number of hydrogen-bond acceptors (Lipinski definition) is 2. The molecule has 1 aromatic heterocycles. The lowest BCUT2D eigenvalue weighted by Gasteiger charge is -2.00. The van der Waals surface area contributed by atoms with Crippen LogP contribution in [0.25, 0.3) is 10.8 Å². The van der Waals surface area contributed by atoms with Crippen LogP contribution in [0.2, 0.25) is 0 Å². The molecule has 0 amide bonds. The maximum Gasteiger partial charge on any atom is 0.132 e. The summed E-state index contributed by atoms with van der Waals surface area (Å²) in [6.45, 7) is 0.527. The quantitative estimate of drug-likeness (QED) is 0.819. The molecule has 2 rings (SSSR count). The van der Waals surface area contributed by atoms with Gasteiger partial charge in [0, 0.05) is 36.1 Å². The number of halogens is 3. The number of hydrogen-bond donors (Lipinski definition) is 1. The van der Waals surface area contributed by atoms with Gasteiger partial charge in [-0.15, -0.1) is 24.8 Å². The Morgan fingerprint density at radius 3 is 2.67 bits per heavy atom. The molecule has 2 nitrogen and oxygen atoms in total. The molecule has 2 aromatic rings. The van der Waals surface area contributed by atoms with Crippen molar-refractivity contribution >= 4 is 35.6 Å². The first kappa shape index (κ1) is 16.7. The highest BCUT2D eigenvalue weighted by Gasteiger charge is 2.02. The highest BCUT2D eigenvalue weighted by atomic mass is 35.5. The molecule has 0 radical (unpaired) electrons. The number of nitrogens with zero attached hydrogens (tertiary/aromatic N) is 1. The molecule has 1 heterocycles. The Kier molecular flexibility index (Phi) is 7.30. The minimum atomic E-state index is -0.271. The number of rotatable bonds is 1. The van der Waals surface area contributed by atoms with Crippen molar-refractivity contribution in [1.82, 2.24) is 4.98 Å². The van der Waals surface area contributed by atoms with Crippen LogP contribution in [0.4, 0.5) is 4.39 Å². The van der Waals surface area contributed by atoms with Crippen LogP contribution in [0.5, 0.6) is 0 Å². The van der Waals surface area contributed by atoms with Crippen LogP contribution < -0.4 is 5.73 Å². The average Bonchev–Trinajstić information content (AvgIpc) is 2.31. The van der Waals surface area contributed by atoms with E-state index in [1.165, 1.54) is 12.3 Å². The fraction of sp³-hybridized carbons (Fsp3) is 0.154. The molecule has 0 fully saturated rings. The molecule has 5 heteroatoms. The summed E-state index contributed by atoms with van der Waals surface area (Å²) in [5.74, 6) is 5.61. The molecule has 0 atom stereocenters. The summed E-state index contributed by atoms with van der Waals surface area (Å²) >= 11 is 0. The molecule has 0 bridgehead atoms. The Morgan fingerprint density at radius 1 is 1.17 bits per heavy atom. The first-order valence-electron chi connectivity index (χ1n) is 5.04. The highest BCUT2D eigenvalue weighted by molar-refractivity contribution is 5.87. The summed E-state index contributed by atoms with van der Waals surface area (Å²) in [5.41, 5.74) is 6.09. The molecule has 0 unspecified atom stereocenters. The van der Waals surface area contributed by atoms with Gasteiger partial charge >= 0.3 is 0 Å². The minimum absolute atomic E-state index is 0. The predicted octanol–water partition coefficient (Wildman–Crippen LogP) is 2.92. The third-order valence-corrected chi connectivity index (χ3v) is 2.24. The minimum Gasteiger partial charge on any atom is -0.330 e. The van der Waals surface area contributed by atoms with Crippen molar-refractivity contribution < 1.29 is 4.39 Å². The fourth-order valence-corrected chi connectivity index (χ4v) is 1.49. The van der Waals surface area contributed by atoms with Crippen molar-refractivity contribution in [3.8, 4) is 11.8 Å². The van der Waals surface area contributed by atoms with E-state index in [9.17, 15) is 4.39 Å². The Bertz CT molecular complexity index is 576. The Hall–Kier alpha value is -1.34. The maximum atomic E-state index is 13.4. The smallest absolute Gasteiger partial charge is 0.132 e. The molecule has 0 aliphatic heterocycles. The number of pyridine rings is 1. The molecule has 0 aliphatic rings. The van der Waals surface area contributed by atoms with E-state index in [1.54, 1.807) is 12.3 Å². The Balaban J connectivity index is 0.00000144. The van der Waals surface area contributed by atoms with Gasteiger partial charge in [0.2, 0.25) is 0 Å². The third-order valence-electron chi connectivity index (χ3n) is 2.24. The molecule has 2 N–H and O–H groups in total. The zero-order valence-corrected chi connectivity index (χ0v) is 11.2. The average molecular weight is 287 g/mol. The largest absolute Gasteiger partial charge is 0.330 e. The Labute approximate surface area is 118 Å². The lowest BCUT2D eigenvalue weighted by molar-refractivity contribution is 0.639. The van der Waals surface area contributed by atoms with Crippen molar-refractivity contribution in [2.75, 3.05) is 6.54 Å². The van der Waals surface area contributed by atoms with Crippen LogP contribution in [-0.4, -0.2) is 11.5 Å². The summed E-state index contributed by atoms with van der Waals surface area (Å²) in [6, 6.07) is 4.93. The fourth-order valence-electron chi connectivity index (χ4n) is 1.49. The van der Waals surface area contributed by atoms with Gasteiger partial charge in [-0.3, -0.25) is 4.98 Å². The van der Waals surface area contributed by atoms with E-state index in [-0.39, 0.29) is 30.6 Å². The zero-order chi connectivity index (χ0) is 11.4. The second kappa shape index (κ2) is 7.88. The second-order valence-electron chi connectivity index (χ2n) is 3.36. The highest BCUT2D eigenvalue weighted by Crippen LogP contribution is 2.19. The molecule has 0 saturated carbocycles. The number of nitrogens with two attached hydrogens (primary N) is 1. The zero-order valence-electron chi connectivity index (χ0n) is 9.52. The van der Waals surface area contributed by atoms with Crippen molar-refractivity contribution in [2.45, 2.75) is 6.42 Å². The number of benzene rings is 1. The van der Waals surface area contributed by atoms with E-state index >= 15 is 0 Å². The lowest BCUT2D eigenvalue weighted by Crippen LogP contribution is -1.95. The second-order valence-corrected chi connectivity index (χ2v) is 3.36. The first-order chi connectivity index (χ1) is 7.83. The van der Waals surface area contributed by atoms with Crippen LogP contribution in [0.3, 0.4) is 0 Å². The lowest BCUT2D eigenvalue weighted by atomic mass is 10.1. The normalized spacial score (nSPS) is 8.78. The first-order valence-corrected chi connectivity index (χ1v) is 5.04. The number of fused-ring (bicyclic) bond motifs is 1. The summed E-state index contributed by atoms with van der Waals surface area (Å²) in [7, 11) is 0. The van der Waals surface area contributed by atoms with Crippen molar-refractivity contribution in [2.24, 2.45) is 5.73 Å². The van der Waals surface area contributed by atoms with Crippen LogP contribution in [0.1, 0.15) is 12.0 Å². The van der Waals surface area contributed by atoms with Crippen LogP contribution >= 0.6 is 24.8 Å². The van der Waals surface area contributed by atoms with Gasteiger partial charge in [0.15, 0.2) is 0 Å². The predicted molar refractivity (Wildman–Crippen MR) is 76.7 cm³/mol. The SMILES string of the molecule is Cl.Cl.NCCC#Cc1cncc2c(F)cccc12. The van der Waals surface area contributed by atoms with Gasteiger partial charge in [-0.25, -0.2) is 4.39 Å². The van der Waals surface area contributed by atoms with Crippen LogP contribution in [0.15, 0.2) is 30.6 Å². The topological polar surface area (TPSA) is 38.9 Å². The van der Waals surface area contributed by atoms with Gasteiger partial charge in [-0.05, 0) is 6.07 Å². The van der Waals surface area contributed by atoms with Crippen LogP contribution in [-0.2, 0) is 0 Å². The summed E-state index contributed by atoms with van der Waals surface area (Å²) in [5, 5.41) is 1.29. The van der Waals surface area contributed by atoms with E-state index in [0.29, 0.717) is 18.4 Å². The summed E-state index contributed by atoms with van der Waals surface area (Å²) < 4.78 is 13.4. The summed E-state index contributed by atoms with van der Waals surface area (Å²) in [4.78, 5) is 3.98. The van der Waals surface area contributed by atoms with E-state index in [4.69, 9.17) is 5.73 Å². The molecule has 1 aromatic carbocycles. The number of aromatic nitrogens is 1. The summed E-state index contributed by atoms with van der Waals surface area (Å²) in [6.07, 6.45) is 3.79. The standard InChI is InChI=1S/C13H11FN2.2ClH/c14-13-6-3-5-11-10(4-1-2-7-15)8-16-9-12(11)13;;/h3,5-6,8-9H,2,7,15H2;2*1H. The van der Waals surface area contributed by atoms with Gasteiger partial charge in [-0.2, -0.15) is 0 Å². The van der Waals surface area contributed by atoms with E-state index in [1.807, 2.05) is 6.07 Å². The van der Waals surface area contributed by atoms with Gasteiger partial charge in [0.05, 0.1) is 5.56 Å². The van der Waals surface area contributed by atoms with Gasteiger partial charge in [0.1, 0.15) is 5.82 Å². The van der Waals surface area contributed by atoms with E-state index in [0.717, 1.165) is 10.9 Å². The molecule has 0 spiro atoms. The molecule has 96 valence electrons. The van der Waals surface area contributed by atoms with E-state index < -0.39 is 0 Å². The molecule has 0 aliphatic carbocycles. The van der Waals surface area contributed by atoms with Gasteiger partial charge < -0.3 is 5.73 Å². The molecular formula is C13H13Cl2FN2. The maximum absolute atomic E-state index is 13.4. The Morgan fingerprint density at radius 2 is 1.94 bits per heavy atom. The van der Waals surface area contributed by atoms with E-state index in [2.05, 4.69) is 16.8 Å². The van der Waals surface area contributed by atoms with Crippen molar-refractivity contribution in [1.29, 1.82) is 0 Å². The van der Waals surface area contributed by atoms with Gasteiger partial charge in [-0.1, -0.05) is 24.0 Å². The van der Waals surface area contributed by atoms with Crippen molar-refractivity contribution in [3.05, 3.63) is 42.0 Å². The molecule has 18 heavy (non-hydrogen) atoms. The monoisotopic (exact) mass is 286 g/mol. The van der Waals surface area contributed by atoms with Crippen molar-refractivity contribution in [3.63, 3.8) is 0 Å². The van der Waals surface area contributed by atoms with Crippen LogP contribution in [0, 0.1) is 17.7 Å². The molecular weight excluding hydrogens is 274 g/mol.